The van der Waals surface area contributed by atoms with Crippen LogP contribution >= 0.6 is 0 Å². The van der Waals surface area contributed by atoms with Gasteiger partial charge < -0.3 is 9.47 Å². The van der Waals surface area contributed by atoms with Gasteiger partial charge in [0.05, 0.1) is 0 Å². The number of carbonyl (C=O) groups is 1. The van der Waals surface area contributed by atoms with Crippen LogP contribution in [0.1, 0.15) is 38.9 Å². The van der Waals surface area contributed by atoms with E-state index in [2.05, 4.69) is 0 Å². The summed E-state index contributed by atoms with van der Waals surface area (Å²) in [4.78, 5) is 11.1. The third-order valence-electron chi connectivity index (χ3n) is 2.69. The van der Waals surface area contributed by atoms with Crippen molar-refractivity contribution in [3.63, 3.8) is 0 Å². The Morgan fingerprint density at radius 1 is 1.53 bits per heavy atom. The van der Waals surface area contributed by atoms with E-state index in [1.165, 1.54) is 19.1 Å². The van der Waals surface area contributed by atoms with Crippen LogP contribution < -0.4 is 4.74 Å². The first-order chi connectivity index (χ1) is 7.87. The third kappa shape index (κ3) is 2.57. The van der Waals surface area contributed by atoms with E-state index >= 15 is 0 Å². The highest BCUT2D eigenvalue weighted by molar-refractivity contribution is 5.66. The lowest BCUT2D eigenvalue weighted by atomic mass is 9.91. The summed E-state index contributed by atoms with van der Waals surface area (Å²) in [5, 5.41) is 0. The van der Waals surface area contributed by atoms with Crippen LogP contribution in [-0.4, -0.2) is 11.6 Å². The maximum absolute atomic E-state index is 13.1. The zero-order chi connectivity index (χ0) is 12.6. The fourth-order valence-corrected chi connectivity index (χ4v) is 2.06. The molecule has 1 atom stereocenters. The van der Waals surface area contributed by atoms with E-state index in [-0.39, 0.29) is 17.9 Å². The Morgan fingerprint density at radius 2 is 2.24 bits per heavy atom. The maximum Gasteiger partial charge on any atom is 0.303 e. The fraction of sp³-hybridized carbons (Fsp3) is 0.462. The molecular formula is C13H15FO3. The maximum atomic E-state index is 13.1. The lowest BCUT2D eigenvalue weighted by Gasteiger charge is -2.36. The van der Waals surface area contributed by atoms with Gasteiger partial charge in [-0.1, -0.05) is 0 Å². The largest absolute Gasteiger partial charge is 0.487 e. The molecule has 0 radical (unpaired) electrons. The molecule has 1 aromatic carbocycles. The van der Waals surface area contributed by atoms with Crippen molar-refractivity contribution in [2.24, 2.45) is 0 Å². The number of fused-ring (bicyclic) bond motifs is 1. The van der Waals surface area contributed by atoms with E-state index in [4.69, 9.17) is 9.47 Å². The Hall–Kier alpha value is -1.58. The second-order valence-corrected chi connectivity index (χ2v) is 4.85. The highest BCUT2D eigenvalue weighted by Crippen LogP contribution is 2.41. The van der Waals surface area contributed by atoms with Crippen LogP contribution in [0.5, 0.6) is 5.75 Å². The smallest absolute Gasteiger partial charge is 0.303 e. The molecule has 0 N–H and O–H groups in total. The van der Waals surface area contributed by atoms with E-state index < -0.39 is 5.60 Å². The van der Waals surface area contributed by atoms with Crippen LogP contribution in [0.2, 0.25) is 0 Å². The molecule has 4 heteroatoms. The van der Waals surface area contributed by atoms with Crippen LogP contribution in [0.3, 0.4) is 0 Å². The lowest BCUT2D eigenvalue weighted by Crippen LogP contribution is -2.36. The first-order valence-corrected chi connectivity index (χ1v) is 5.53. The number of esters is 1. The number of carbonyl (C=O) groups excluding carboxylic acids is 1. The summed E-state index contributed by atoms with van der Waals surface area (Å²) in [6.07, 6.45) is 0.192. The topological polar surface area (TPSA) is 35.5 Å². The minimum absolute atomic E-state index is 0.344. The molecule has 0 bridgehead atoms. The molecular weight excluding hydrogens is 223 g/mol. The number of halogens is 1. The first kappa shape index (κ1) is 11.9. The molecule has 0 aromatic heterocycles. The molecule has 0 saturated heterocycles. The van der Waals surface area contributed by atoms with Crippen LogP contribution in [0.4, 0.5) is 4.39 Å². The van der Waals surface area contributed by atoms with Gasteiger partial charge >= 0.3 is 5.97 Å². The molecule has 0 spiro atoms. The average Bonchev–Trinajstić information content (AvgIpc) is 2.13. The molecule has 0 aliphatic carbocycles. The van der Waals surface area contributed by atoms with E-state index in [0.717, 1.165) is 5.56 Å². The lowest BCUT2D eigenvalue weighted by molar-refractivity contribution is -0.150. The molecule has 1 unspecified atom stereocenters. The SMILES string of the molecule is CC(=O)OC1CC(C)(C)Oc2cc(F)ccc21. The minimum atomic E-state index is -0.471. The second kappa shape index (κ2) is 4.02. The Morgan fingerprint density at radius 3 is 2.88 bits per heavy atom. The van der Waals surface area contributed by atoms with Gasteiger partial charge in [0.15, 0.2) is 0 Å². The van der Waals surface area contributed by atoms with Gasteiger partial charge in [-0.15, -0.1) is 0 Å². The first-order valence-electron chi connectivity index (χ1n) is 5.53. The highest BCUT2D eigenvalue weighted by Gasteiger charge is 2.35. The van der Waals surface area contributed by atoms with E-state index in [0.29, 0.717) is 12.2 Å². The summed E-state index contributed by atoms with van der Waals surface area (Å²) >= 11 is 0. The molecule has 1 aliphatic rings. The van der Waals surface area contributed by atoms with E-state index in [9.17, 15) is 9.18 Å². The minimum Gasteiger partial charge on any atom is -0.487 e. The standard InChI is InChI=1S/C13H15FO3/c1-8(15)16-12-7-13(2,3)17-11-6-9(14)4-5-10(11)12/h4-6,12H,7H2,1-3H3. The van der Waals surface area contributed by atoms with Crippen molar-refractivity contribution in [3.8, 4) is 5.75 Å². The van der Waals surface area contributed by atoms with Crippen LogP contribution in [-0.2, 0) is 9.53 Å². The molecule has 3 nitrogen and oxygen atoms in total. The summed E-state index contributed by atoms with van der Waals surface area (Å²) in [7, 11) is 0. The normalized spacial score (nSPS) is 21.3. The van der Waals surface area contributed by atoms with Crippen LogP contribution in [0.25, 0.3) is 0 Å². The van der Waals surface area contributed by atoms with Crippen LogP contribution in [0, 0.1) is 5.82 Å². The molecule has 2 rings (SSSR count). The fourth-order valence-electron chi connectivity index (χ4n) is 2.06. The van der Waals surface area contributed by atoms with Gasteiger partial charge in [-0.3, -0.25) is 4.79 Å². The summed E-state index contributed by atoms with van der Waals surface area (Å²) in [5.74, 6) is -0.251. The molecule has 0 saturated carbocycles. The molecule has 1 aliphatic heterocycles. The number of rotatable bonds is 1. The van der Waals surface area contributed by atoms with Gasteiger partial charge in [0, 0.05) is 25.0 Å². The predicted octanol–water partition coefficient (Wildman–Crippen LogP) is 2.99. The molecule has 0 amide bonds. The number of benzene rings is 1. The van der Waals surface area contributed by atoms with Crippen molar-refractivity contribution >= 4 is 5.97 Å². The summed E-state index contributed by atoms with van der Waals surface area (Å²) < 4.78 is 24.1. The second-order valence-electron chi connectivity index (χ2n) is 4.85. The number of hydrogen-bond acceptors (Lipinski definition) is 3. The Bertz CT molecular complexity index is 454. The van der Waals surface area contributed by atoms with Crippen molar-refractivity contribution in [1.29, 1.82) is 0 Å². The van der Waals surface area contributed by atoms with Gasteiger partial charge in [-0.05, 0) is 26.0 Å². The highest BCUT2D eigenvalue weighted by atomic mass is 19.1. The van der Waals surface area contributed by atoms with Crippen molar-refractivity contribution in [2.45, 2.75) is 38.9 Å². The molecule has 17 heavy (non-hydrogen) atoms. The monoisotopic (exact) mass is 238 g/mol. The molecule has 1 heterocycles. The Labute approximate surface area is 99.5 Å². The van der Waals surface area contributed by atoms with Crippen molar-refractivity contribution < 1.29 is 18.7 Å². The zero-order valence-corrected chi connectivity index (χ0v) is 10.1. The van der Waals surface area contributed by atoms with E-state index in [1.54, 1.807) is 6.07 Å². The van der Waals surface area contributed by atoms with Crippen molar-refractivity contribution in [1.82, 2.24) is 0 Å². The number of hydrogen-bond donors (Lipinski definition) is 0. The molecule has 1 aromatic rings. The van der Waals surface area contributed by atoms with Gasteiger partial charge in [0.1, 0.15) is 23.3 Å². The van der Waals surface area contributed by atoms with E-state index in [1.807, 2.05) is 13.8 Å². The Balaban J connectivity index is 2.40. The molecule has 92 valence electrons. The zero-order valence-electron chi connectivity index (χ0n) is 10.1. The average molecular weight is 238 g/mol. The number of ether oxygens (including phenoxy) is 2. The molecule has 0 fully saturated rings. The van der Waals surface area contributed by atoms with Crippen molar-refractivity contribution in [2.75, 3.05) is 0 Å². The summed E-state index contributed by atoms with van der Waals surface area (Å²) in [6, 6.07) is 4.28. The van der Waals surface area contributed by atoms with Crippen LogP contribution in [0.15, 0.2) is 18.2 Å². The van der Waals surface area contributed by atoms with Gasteiger partial charge in [-0.25, -0.2) is 4.39 Å². The van der Waals surface area contributed by atoms with Crippen molar-refractivity contribution in [3.05, 3.63) is 29.6 Å². The third-order valence-corrected chi connectivity index (χ3v) is 2.69. The predicted molar refractivity (Wildman–Crippen MR) is 60.2 cm³/mol. The summed E-state index contributed by atoms with van der Waals surface area (Å²) in [6.45, 7) is 5.14. The summed E-state index contributed by atoms with van der Waals surface area (Å²) in [5.41, 5.74) is 0.252. The van der Waals surface area contributed by atoms with Gasteiger partial charge in [-0.2, -0.15) is 0 Å². The van der Waals surface area contributed by atoms with Gasteiger partial charge in [0.2, 0.25) is 0 Å². The quantitative estimate of drug-likeness (QED) is 0.705. The Kier molecular flexibility index (Phi) is 2.81. The van der Waals surface area contributed by atoms with Gasteiger partial charge in [0.25, 0.3) is 0 Å².